The van der Waals surface area contributed by atoms with Crippen molar-refractivity contribution in [1.29, 1.82) is 0 Å². The molecule has 1 rings (SSSR count). The van der Waals surface area contributed by atoms with Gasteiger partial charge in [0.25, 0.3) is 0 Å². The summed E-state index contributed by atoms with van der Waals surface area (Å²) in [5.74, 6) is 0. The van der Waals surface area contributed by atoms with Crippen LogP contribution >= 0.6 is 27.6 Å². The van der Waals surface area contributed by atoms with Gasteiger partial charge in [0.05, 0.1) is 5.60 Å². The van der Waals surface area contributed by atoms with Crippen molar-refractivity contribution in [3.05, 3.63) is 11.0 Å². The first kappa shape index (κ1) is 28.3. The van der Waals surface area contributed by atoms with Gasteiger partial charge in [-0.15, -0.1) is 0 Å². The molecule has 0 aromatic heterocycles. The molecular weight excluding hydrogens is 596 g/mol. The maximum atomic E-state index is 11.6. The van der Waals surface area contributed by atoms with Gasteiger partial charge in [-0.25, -0.2) is 5.57 Å². The van der Waals surface area contributed by atoms with E-state index in [0.717, 1.165) is 32.1 Å². The number of halogens is 3. The molecule has 1 fully saturated rings. The van der Waals surface area contributed by atoms with Crippen molar-refractivity contribution >= 4 is 37.4 Å². The van der Waals surface area contributed by atoms with Crippen molar-refractivity contribution in [2.24, 2.45) is 0 Å². The van der Waals surface area contributed by atoms with E-state index >= 15 is 0 Å². The van der Waals surface area contributed by atoms with Crippen molar-refractivity contribution < 1.29 is 28.7 Å². The molecule has 1 aliphatic rings. The van der Waals surface area contributed by atoms with Crippen LogP contribution in [0.3, 0.4) is 0 Å². The summed E-state index contributed by atoms with van der Waals surface area (Å²) < 4.78 is 23.2. The van der Waals surface area contributed by atoms with E-state index in [0.29, 0.717) is 24.8 Å². The van der Waals surface area contributed by atoms with E-state index in [1.54, 1.807) is 0 Å². The zero-order chi connectivity index (χ0) is 20.8. The number of hydrogen-bond donors (Lipinski definition) is 1. The van der Waals surface area contributed by atoms with Gasteiger partial charge in [-0.05, 0) is 12.8 Å². The Morgan fingerprint density at radius 3 is 1.85 bits per heavy atom. The van der Waals surface area contributed by atoms with Crippen LogP contribution in [0, 0.1) is 5.41 Å². The summed E-state index contributed by atoms with van der Waals surface area (Å²) >= 11 is -2.18. The van der Waals surface area contributed by atoms with Gasteiger partial charge in [-0.3, -0.25) is 8.42 Å². The van der Waals surface area contributed by atoms with Crippen LogP contribution in [0.5, 0.6) is 0 Å². The molecule has 1 aliphatic carbocycles. The molecule has 1 N–H and O–H groups in total. The Bertz CT molecular complexity index is 502. The van der Waals surface area contributed by atoms with Crippen molar-refractivity contribution in [3.63, 3.8) is 0 Å². The molecule has 1 saturated carbocycles. The van der Waals surface area contributed by atoms with Crippen LogP contribution in [0.1, 0.15) is 96.8 Å². The van der Waals surface area contributed by atoms with Gasteiger partial charge < -0.3 is 10.5 Å². The first-order valence-electron chi connectivity index (χ1n) is 9.94. The Balaban J connectivity index is 0.00000153. The van der Waals surface area contributed by atoms with Gasteiger partial charge in [0, 0.05) is 16.1 Å². The van der Waals surface area contributed by atoms with Gasteiger partial charge in [0.15, 0.2) is 0 Å². The molecule has 0 aromatic rings. The topological polar surface area (TPSA) is 54.4 Å². The van der Waals surface area contributed by atoms with Crippen LogP contribution < -0.4 is 0 Å². The minimum atomic E-state index is -3.32. The maximum absolute atomic E-state index is 11.6. The Labute approximate surface area is 184 Å². The van der Waals surface area contributed by atoms with E-state index in [1.807, 2.05) is 0 Å². The second-order valence-corrected chi connectivity index (χ2v) is 23.0. The number of unbranched alkanes of at least 4 members (excludes halogenated alkanes) is 7. The van der Waals surface area contributed by atoms with E-state index in [-0.39, 0.29) is 0 Å². The summed E-state index contributed by atoms with van der Waals surface area (Å²) in [5.41, 5.74) is -0.298. The van der Waals surface area contributed by atoms with Crippen molar-refractivity contribution in [2.75, 3.05) is 6.26 Å². The average molecular weight is 631 g/mol. The molecule has 0 radical (unpaired) electrons. The Kier molecular flexibility index (Phi) is 16.8. The summed E-state index contributed by atoms with van der Waals surface area (Å²) in [4.78, 5) is 0. The van der Waals surface area contributed by atoms with Gasteiger partial charge in [0.1, 0.15) is 0 Å². The quantitative estimate of drug-likeness (QED) is 0.197. The van der Waals surface area contributed by atoms with Gasteiger partial charge in [-0.1, -0.05) is 84.0 Å². The molecule has 0 atom stereocenters. The number of rotatable bonds is 11. The fourth-order valence-electron chi connectivity index (χ4n) is 3.48. The molecule has 27 heavy (non-hydrogen) atoms. The summed E-state index contributed by atoms with van der Waals surface area (Å²) in [7, 11) is 11.7. The zero-order valence-corrected chi connectivity index (χ0v) is 23.0. The summed E-state index contributed by atoms with van der Waals surface area (Å²) in [5, 5.41) is 13.5. The molecular formula is C19H35Cl3O3STa-. The molecule has 0 spiro atoms. The monoisotopic (exact) mass is 629 g/mol. The first-order valence-corrected chi connectivity index (χ1v) is 23.8. The van der Waals surface area contributed by atoms with Crippen LogP contribution in [0.4, 0.5) is 0 Å². The van der Waals surface area contributed by atoms with Crippen LogP contribution in [0.25, 0.3) is 0 Å². The first-order chi connectivity index (χ1) is 12.6. The number of aliphatic hydroxyl groups is 1. The molecule has 0 saturated heterocycles. The molecule has 0 amide bonds. The van der Waals surface area contributed by atoms with Gasteiger partial charge in [0.2, 0.25) is 0 Å². The Morgan fingerprint density at radius 1 is 0.963 bits per heavy atom. The van der Waals surface area contributed by atoms with Crippen LogP contribution in [0.15, 0.2) is 5.57 Å². The number of hydrogen-bond acceptors (Lipinski definition) is 3. The molecule has 0 bridgehead atoms. The van der Waals surface area contributed by atoms with E-state index in [2.05, 4.69) is 12.3 Å². The predicted octanol–water partition coefficient (Wildman–Crippen LogP) is 7.01. The molecule has 0 aliphatic heterocycles. The minimum absolute atomic E-state index is 0.630. The number of sulfone groups is 1. The molecule has 0 aromatic carbocycles. The zero-order valence-electron chi connectivity index (χ0n) is 16.7. The second kappa shape index (κ2) is 16.0. The second-order valence-electron chi connectivity index (χ2n) is 7.36. The van der Waals surface area contributed by atoms with Crippen LogP contribution in [0.2, 0.25) is 0 Å². The van der Waals surface area contributed by atoms with E-state index in [1.165, 1.54) is 44.8 Å². The van der Waals surface area contributed by atoms with Crippen molar-refractivity contribution in [1.82, 2.24) is 0 Å². The summed E-state index contributed by atoms with van der Waals surface area (Å²) in [6, 6.07) is 0. The molecule has 8 heteroatoms. The van der Waals surface area contributed by atoms with Gasteiger partial charge >= 0.3 is 42.8 Å². The fraction of sp³-hybridized carbons (Fsp3) is 0.895. The molecule has 3 nitrogen and oxygen atoms in total. The van der Waals surface area contributed by atoms with Crippen molar-refractivity contribution in [3.8, 4) is 0 Å². The van der Waals surface area contributed by atoms with E-state index < -0.39 is 30.6 Å². The molecule has 0 heterocycles. The third kappa shape index (κ3) is 16.7. The van der Waals surface area contributed by atoms with Crippen molar-refractivity contribution in [2.45, 2.75) is 102 Å². The summed E-state index contributed by atoms with van der Waals surface area (Å²) in [6.07, 6.45) is 16.0. The molecule has 0 unspecified atom stereocenters. The summed E-state index contributed by atoms with van der Waals surface area (Å²) in [6.45, 7) is 2.22. The van der Waals surface area contributed by atoms with Crippen LogP contribution in [-0.4, -0.2) is 25.4 Å². The predicted molar refractivity (Wildman–Crippen MR) is 114 cm³/mol. The average Bonchev–Trinajstić information content (AvgIpc) is 2.55. The SMILES string of the molecule is CCCCCCCCCCC(=[C-]S(C)(=O)=O)C1(O)CCCCC1.[Cl][Ta]([Cl])[Cl]. The fourth-order valence-corrected chi connectivity index (χ4v) is 4.22. The third-order valence-corrected chi connectivity index (χ3v) is 5.45. The third-order valence-electron chi connectivity index (χ3n) is 4.83. The van der Waals surface area contributed by atoms with E-state index in [4.69, 9.17) is 27.6 Å². The van der Waals surface area contributed by atoms with Gasteiger partial charge in [-0.2, -0.15) is 0 Å². The normalized spacial score (nSPS) is 17.5. The Morgan fingerprint density at radius 2 is 1.41 bits per heavy atom. The van der Waals surface area contributed by atoms with Crippen LogP contribution in [-0.2, 0) is 25.0 Å². The van der Waals surface area contributed by atoms with E-state index in [9.17, 15) is 13.5 Å². The Hall–Kier alpha value is 1.26. The standard InChI is InChI=1S/C19H35O3S.3ClH.Ta/c1-3-4-5-6-7-8-9-11-14-18(17-23(2,21)22)19(20)15-12-10-13-16-19;;;;/h20H,3-16H2,1-2H3;3*1H;/q-1;;;;+3/p-3. The molecule has 162 valence electrons.